The summed E-state index contributed by atoms with van der Waals surface area (Å²) < 4.78 is 20.9. The van der Waals surface area contributed by atoms with Crippen LogP contribution in [0.2, 0.25) is 0 Å². The van der Waals surface area contributed by atoms with E-state index in [1.54, 1.807) is 0 Å². The minimum atomic E-state index is -3.75. The number of nitro groups is 1. The molecule has 0 radical (unpaired) electrons. The number of non-ortho nitro benzene ring substituents is 1. The van der Waals surface area contributed by atoms with Crippen LogP contribution in [0.4, 0.5) is 5.69 Å². The summed E-state index contributed by atoms with van der Waals surface area (Å²) in [6, 6.07) is 5.05. The molecule has 0 spiro atoms. The molecule has 9 heteroatoms. The molecule has 18 heavy (non-hydrogen) atoms. The van der Waals surface area contributed by atoms with Crippen molar-refractivity contribution >= 4 is 49.7 Å². The minimum absolute atomic E-state index is 0.0685. The van der Waals surface area contributed by atoms with E-state index in [1.165, 1.54) is 40.8 Å². The molecule has 0 aromatic heterocycles. The van der Waals surface area contributed by atoms with E-state index in [-0.39, 0.29) is 11.3 Å². The van der Waals surface area contributed by atoms with Gasteiger partial charge < -0.3 is 5.11 Å². The number of aliphatic hydroxyl groups excluding tert-OH is 1. The zero-order valence-corrected chi connectivity index (χ0v) is 12.8. The van der Waals surface area contributed by atoms with Crippen molar-refractivity contribution in [3.8, 4) is 0 Å². The topological polar surface area (TPSA) is 97.5 Å². The second-order valence-electron chi connectivity index (χ2n) is 3.59. The second-order valence-corrected chi connectivity index (χ2v) is 9.67. The Morgan fingerprint density at radius 1 is 1.56 bits per heavy atom. The number of nitrogens with zero attached hydrogens (tertiary/aromatic N) is 1. The predicted octanol–water partition coefficient (Wildman–Crippen LogP) is 2.00. The van der Waals surface area contributed by atoms with Crippen LogP contribution in [0, 0.1) is 10.1 Å². The Morgan fingerprint density at radius 2 is 2.11 bits per heavy atom. The SMILES string of the molecule is CS(=O)(=O)C(Cl)(I)C(O)c1cccc([N+](=O)[O-])c1. The number of rotatable bonds is 4. The Kier molecular flexibility index (Phi) is 4.57. The van der Waals surface area contributed by atoms with Crippen LogP contribution >= 0.6 is 34.2 Å². The molecule has 0 saturated carbocycles. The van der Waals surface area contributed by atoms with Crippen molar-refractivity contribution in [2.75, 3.05) is 6.26 Å². The summed E-state index contributed by atoms with van der Waals surface area (Å²) in [6.07, 6.45) is -0.692. The van der Waals surface area contributed by atoms with Gasteiger partial charge in [0.25, 0.3) is 5.69 Å². The molecule has 0 amide bonds. The van der Waals surface area contributed by atoms with E-state index in [0.29, 0.717) is 0 Å². The normalized spacial score (nSPS) is 16.9. The summed E-state index contributed by atoms with van der Waals surface area (Å²) in [5.41, 5.74) is -0.178. The molecule has 2 unspecified atom stereocenters. The summed E-state index contributed by atoms with van der Waals surface area (Å²) >= 11 is 7.21. The fourth-order valence-electron chi connectivity index (χ4n) is 1.21. The number of nitro benzene ring substituents is 1. The van der Waals surface area contributed by atoms with Crippen LogP contribution in [0.25, 0.3) is 0 Å². The smallest absolute Gasteiger partial charge is 0.269 e. The standard InChI is InChI=1S/C9H9ClINO5S/c1-18(16,17)9(10,11)8(13)6-3-2-4-7(5-6)12(14)15/h2-5,8,13H,1H3. The average molecular weight is 406 g/mol. The van der Waals surface area contributed by atoms with E-state index in [4.69, 9.17) is 11.6 Å². The number of hydrogen-bond donors (Lipinski definition) is 1. The van der Waals surface area contributed by atoms with E-state index in [2.05, 4.69) is 0 Å². The van der Waals surface area contributed by atoms with Gasteiger partial charge in [0.2, 0.25) is 2.21 Å². The lowest BCUT2D eigenvalue weighted by Gasteiger charge is -2.24. The molecule has 0 heterocycles. The molecule has 1 aromatic rings. The lowest BCUT2D eigenvalue weighted by molar-refractivity contribution is -0.385. The third-order valence-corrected chi connectivity index (χ3v) is 7.46. The summed E-state index contributed by atoms with van der Waals surface area (Å²) in [7, 11) is -3.75. The molecule has 2 atom stereocenters. The van der Waals surface area contributed by atoms with Crippen LogP contribution in [-0.4, -0.2) is 26.9 Å². The quantitative estimate of drug-likeness (QED) is 0.358. The fraction of sp³-hybridized carbons (Fsp3) is 0.333. The first-order valence-electron chi connectivity index (χ1n) is 4.57. The van der Waals surface area contributed by atoms with Crippen LogP contribution in [-0.2, 0) is 9.84 Å². The number of sulfone groups is 1. The van der Waals surface area contributed by atoms with Gasteiger partial charge in [-0.25, -0.2) is 8.42 Å². The van der Waals surface area contributed by atoms with E-state index in [0.717, 1.165) is 12.3 Å². The van der Waals surface area contributed by atoms with E-state index in [9.17, 15) is 23.6 Å². The Bertz CT molecular complexity index is 574. The minimum Gasteiger partial charge on any atom is -0.385 e. The lowest BCUT2D eigenvalue weighted by atomic mass is 10.1. The Labute approximate surface area is 122 Å². The van der Waals surface area contributed by atoms with Gasteiger partial charge in [-0.15, -0.1) is 0 Å². The predicted molar refractivity (Wildman–Crippen MR) is 75.5 cm³/mol. The van der Waals surface area contributed by atoms with E-state index in [1.807, 2.05) is 0 Å². The molecule has 100 valence electrons. The summed E-state index contributed by atoms with van der Waals surface area (Å²) in [4.78, 5) is 9.95. The molecule has 1 aromatic carbocycles. The maximum atomic E-state index is 11.5. The second kappa shape index (κ2) is 5.27. The molecule has 0 bridgehead atoms. The summed E-state index contributed by atoms with van der Waals surface area (Å²) in [6.45, 7) is 0. The van der Waals surface area contributed by atoms with Crippen molar-refractivity contribution in [1.29, 1.82) is 0 Å². The molecular weight excluding hydrogens is 397 g/mol. The molecule has 0 fully saturated rings. The Balaban J connectivity index is 3.23. The molecule has 1 rings (SSSR count). The molecule has 0 saturated heterocycles. The highest BCUT2D eigenvalue weighted by molar-refractivity contribution is 14.1. The summed E-state index contributed by atoms with van der Waals surface area (Å²) in [5, 5.41) is 20.5. The zero-order valence-electron chi connectivity index (χ0n) is 9.08. The highest BCUT2D eigenvalue weighted by Gasteiger charge is 2.44. The maximum Gasteiger partial charge on any atom is 0.269 e. The first-order chi connectivity index (χ1) is 8.07. The third-order valence-electron chi connectivity index (χ3n) is 2.21. The molecule has 0 aliphatic carbocycles. The van der Waals surface area contributed by atoms with Crippen LogP contribution < -0.4 is 0 Å². The average Bonchev–Trinajstić information content (AvgIpc) is 2.26. The lowest BCUT2D eigenvalue weighted by Crippen LogP contribution is -2.32. The van der Waals surface area contributed by atoms with Gasteiger partial charge in [0.15, 0.2) is 9.84 Å². The third kappa shape index (κ3) is 3.11. The Morgan fingerprint density at radius 3 is 2.56 bits per heavy atom. The van der Waals surface area contributed by atoms with Crippen molar-refractivity contribution in [2.24, 2.45) is 0 Å². The monoisotopic (exact) mass is 405 g/mol. The van der Waals surface area contributed by atoms with Crippen LogP contribution in [0.1, 0.15) is 11.7 Å². The maximum absolute atomic E-state index is 11.5. The first kappa shape index (κ1) is 15.6. The number of benzene rings is 1. The van der Waals surface area contributed by atoms with Crippen LogP contribution in [0.5, 0.6) is 0 Å². The molecule has 6 nitrogen and oxygen atoms in total. The molecule has 0 aliphatic rings. The number of hydrogen-bond acceptors (Lipinski definition) is 5. The van der Waals surface area contributed by atoms with Gasteiger partial charge >= 0.3 is 0 Å². The highest BCUT2D eigenvalue weighted by atomic mass is 127. The molecule has 1 N–H and O–H groups in total. The van der Waals surface area contributed by atoms with Crippen LogP contribution in [0.3, 0.4) is 0 Å². The number of halogens is 2. The van der Waals surface area contributed by atoms with Gasteiger partial charge in [-0.05, 0) is 28.2 Å². The van der Waals surface area contributed by atoms with Gasteiger partial charge in [0, 0.05) is 18.4 Å². The van der Waals surface area contributed by atoms with Crippen molar-refractivity contribution in [3.63, 3.8) is 0 Å². The van der Waals surface area contributed by atoms with Gasteiger partial charge in [-0.1, -0.05) is 23.7 Å². The van der Waals surface area contributed by atoms with Crippen LogP contribution in [0.15, 0.2) is 24.3 Å². The van der Waals surface area contributed by atoms with Gasteiger partial charge in [-0.3, -0.25) is 10.1 Å². The largest absolute Gasteiger partial charge is 0.385 e. The van der Waals surface area contributed by atoms with Gasteiger partial charge in [0.05, 0.1) is 4.92 Å². The number of aliphatic hydroxyl groups is 1. The molecule has 0 aliphatic heterocycles. The number of alkyl halides is 2. The van der Waals surface area contributed by atoms with E-state index >= 15 is 0 Å². The summed E-state index contributed by atoms with van der Waals surface area (Å²) in [5.74, 6) is 0. The van der Waals surface area contributed by atoms with Gasteiger partial charge in [0.1, 0.15) is 6.10 Å². The Hall–Kier alpha value is -0.450. The van der Waals surface area contributed by atoms with Crippen molar-refractivity contribution in [1.82, 2.24) is 0 Å². The van der Waals surface area contributed by atoms with Crippen molar-refractivity contribution in [3.05, 3.63) is 39.9 Å². The fourth-order valence-corrected chi connectivity index (χ4v) is 2.23. The first-order valence-corrected chi connectivity index (χ1v) is 7.92. The van der Waals surface area contributed by atoms with E-state index < -0.39 is 23.1 Å². The zero-order chi connectivity index (χ0) is 14.1. The molecular formula is C9H9ClINO5S. The van der Waals surface area contributed by atoms with Gasteiger partial charge in [-0.2, -0.15) is 0 Å². The highest BCUT2D eigenvalue weighted by Crippen LogP contribution is 2.43. The van der Waals surface area contributed by atoms with Crippen molar-refractivity contribution in [2.45, 2.75) is 8.32 Å². The van der Waals surface area contributed by atoms with Crippen molar-refractivity contribution < 1.29 is 18.4 Å².